The Kier molecular flexibility index (Phi) is 2.07. The smallest absolute Gasteiger partial charge is 0.183 e. The normalized spacial score (nSPS) is 16.4. The Balaban J connectivity index is 1.86. The summed E-state index contributed by atoms with van der Waals surface area (Å²) in [4.78, 5) is 16.0. The number of benzene rings is 1. The number of nitrogen functional groups attached to an aromatic ring is 2. The van der Waals surface area contributed by atoms with Crippen LogP contribution in [0.25, 0.3) is 11.2 Å². The number of hydrogen-bond donors (Lipinski definition) is 3. The van der Waals surface area contributed by atoms with Gasteiger partial charge in [-0.2, -0.15) is 0 Å². The largest absolute Gasteiger partial charge is 0.399 e. The van der Waals surface area contributed by atoms with E-state index >= 15 is 0 Å². The fraction of sp³-hybridized carbons (Fsp3) is 0.214. The number of aromatic nitrogens is 4. The van der Waals surface area contributed by atoms with Gasteiger partial charge in [-0.25, -0.2) is 15.0 Å². The van der Waals surface area contributed by atoms with Crippen LogP contribution in [0.1, 0.15) is 24.2 Å². The Morgan fingerprint density at radius 2 is 1.80 bits per heavy atom. The van der Waals surface area contributed by atoms with E-state index < -0.39 is 0 Å². The topological polar surface area (TPSA) is 106 Å². The van der Waals surface area contributed by atoms with Crippen LogP contribution in [0, 0.1) is 0 Å². The maximum Gasteiger partial charge on any atom is 0.183 e. The molecule has 20 heavy (non-hydrogen) atoms. The van der Waals surface area contributed by atoms with E-state index in [0.717, 1.165) is 24.4 Å². The Morgan fingerprint density at radius 1 is 1.05 bits per heavy atom. The Bertz CT molecular complexity index is 785. The first-order valence-corrected chi connectivity index (χ1v) is 6.52. The molecule has 0 spiro atoms. The quantitative estimate of drug-likeness (QED) is 0.611. The van der Waals surface area contributed by atoms with Crippen molar-refractivity contribution in [1.29, 1.82) is 0 Å². The summed E-state index contributed by atoms with van der Waals surface area (Å²) in [5.41, 5.74) is 14.9. The minimum atomic E-state index is -0.0547. The maximum absolute atomic E-state index is 5.85. The molecule has 100 valence electrons. The number of nitrogens with zero attached hydrogens (tertiary/aromatic N) is 3. The van der Waals surface area contributed by atoms with Gasteiger partial charge in [0.1, 0.15) is 17.7 Å². The van der Waals surface area contributed by atoms with E-state index in [1.807, 2.05) is 12.1 Å². The van der Waals surface area contributed by atoms with Crippen LogP contribution in [0.15, 0.2) is 30.6 Å². The minimum Gasteiger partial charge on any atom is -0.399 e. The van der Waals surface area contributed by atoms with Gasteiger partial charge in [-0.3, -0.25) is 0 Å². The second-order valence-corrected chi connectivity index (χ2v) is 5.25. The predicted molar refractivity (Wildman–Crippen MR) is 77.0 cm³/mol. The highest BCUT2D eigenvalue weighted by Crippen LogP contribution is 2.52. The third-order valence-electron chi connectivity index (χ3n) is 3.98. The molecule has 1 aromatic carbocycles. The molecule has 5 N–H and O–H groups in total. The molecule has 0 unspecified atom stereocenters. The lowest BCUT2D eigenvalue weighted by atomic mass is 9.95. The van der Waals surface area contributed by atoms with Crippen molar-refractivity contribution < 1.29 is 0 Å². The van der Waals surface area contributed by atoms with Crippen LogP contribution in [0.5, 0.6) is 0 Å². The van der Waals surface area contributed by atoms with Gasteiger partial charge < -0.3 is 16.5 Å². The van der Waals surface area contributed by atoms with Gasteiger partial charge in [0.2, 0.25) is 0 Å². The minimum absolute atomic E-state index is 0.0547. The van der Waals surface area contributed by atoms with E-state index in [4.69, 9.17) is 11.5 Å². The number of imidazole rings is 1. The monoisotopic (exact) mass is 266 g/mol. The Morgan fingerprint density at radius 3 is 2.45 bits per heavy atom. The molecule has 2 heterocycles. The number of nitrogens with one attached hydrogen (secondary N) is 1. The van der Waals surface area contributed by atoms with Crippen molar-refractivity contribution in [2.45, 2.75) is 18.3 Å². The molecule has 1 saturated carbocycles. The molecule has 1 fully saturated rings. The fourth-order valence-electron chi connectivity index (χ4n) is 2.66. The summed E-state index contributed by atoms with van der Waals surface area (Å²) >= 11 is 0. The number of H-pyrrole nitrogens is 1. The van der Waals surface area contributed by atoms with Crippen LogP contribution >= 0.6 is 0 Å². The molecule has 6 nitrogen and oxygen atoms in total. The van der Waals surface area contributed by atoms with Crippen molar-refractivity contribution in [3.05, 3.63) is 42.0 Å². The van der Waals surface area contributed by atoms with Gasteiger partial charge in [-0.1, -0.05) is 12.1 Å². The average Bonchev–Trinajstić information content (AvgIpc) is 3.13. The zero-order valence-corrected chi connectivity index (χ0v) is 10.8. The van der Waals surface area contributed by atoms with Gasteiger partial charge in [0.15, 0.2) is 11.5 Å². The molecular weight excluding hydrogens is 252 g/mol. The van der Waals surface area contributed by atoms with Crippen molar-refractivity contribution in [1.82, 2.24) is 19.9 Å². The molecule has 4 rings (SSSR count). The van der Waals surface area contributed by atoms with Gasteiger partial charge >= 0.3 is 0 Å². The number of anilines is 2. The first-order chi connectivity index (χ1) is 9.69. The molecule has 0 atom stereocenters. The first-order valence-electron chi connectivity index (χ1n) is 6.52. The third kappa shape index (κ3) is 1.48. The number of hydrogen-bond acceptors (Lipinski definition) is 5. The third-order valence-corrected chi connectivity index (χ3v) is 3.98. The lowest BCUT2D eigenvalue weighted by Gasteiger charge is -2.12. The van der Waals surface area contributed by atoms with Crippen molar-refractivity contribution in [2.24, 2.45) is 0 Å². The second kappa shape index (κ2) is 3.69. The van der Waals surface area contributed by atoms with Gasteiger partial charge in [-0.05, 0) is 30.5 Å². The van der Waals surface area contributed by atoms with Crippen molar-refractivity contribution >= 4 is 22.7 Å². The molecule has 2 aromatic heterocycles. The molecule has 3 aromatic rings. The lowest BCUT2D eigenvalue weighted by molar-refractivity contribution is 0.778. The molecule has 0 saturated heterocycles. The molecule has 0 aliphatic heterocycles. The van der Waals surface area contributed by atoms with Gasteiger partial charge in [0.05, 0.1) is 5.41 Å². The molecule has 6 heteroatoms. The highest BCUT2D eigenvalue weighted by Gasteiger charge is 2.48. The molecule has 0 radical (unpaired) electrons. The second-order valence-electron chi connectivity index (χ2n) is 5.25. The van der Waals surface area contributed by atoms with E-state index in [9.17, 15) is 0 Å². The summed E-state index contributed by atoms with van der Waals surface area (Å²) in [5, 5.41) is 0. The van der Waals surface area contributed by atoms with Crippen molar-refractivity contribution in [2.75, 3.05) is 11.5 Å². The first kappa shape index (κ1) is 11.2. The molecule has 1 aliphatic carbocycles. The van der Waals surface area contributed by atoms with Crippen molar-refractivity contribution in [3.63, 3.8) is 0 Å². The number of nitrogens with two attached hydrogens (primary N) is 2. The van der Waals surface area contributed by atoms with E-state index in [-0.39, 0.29) is 5.41 Å². The van der Waals surface area contributed by atoms with Gasteiger partial charge in [0, 0.05) is 5.69 Å². The SMILES string of the molecule is Nc1ccc(C2(c3nc4ncnc(N)c4[nH]3)CC2)cc1. The van der Waals surface area contributed by atoms with Gasteiger partial charge in [-0.15, -0.1) is 0 Å². The van der Waals surface area contributed by atoms with E-state index in [1.165, 1.54) is 11.9 Å². The van der Waals surface area contributed by atoms with Gasteiger partial charge in [0.25, 0.3) is 0 Å². The summed E-state index contributed by atoms with van der Waals surface area (Å²) in [7, 11) is 0. The molecular formula is C14H14N6. The zero-order valence-electron chi connectivity index (χ0n) is 10.8. The summed E-state index contributed by atoms with van der Waals surface area (Å²) in [6, 6.07) is 7.97. The molecule has 1 aliphatic rings. The number of aromatic amines is 1. The maximum atomic E-state index is 5.85. The molecule has 0 amide bonds. The van der Waals surface area contributed by atoms with E-state index in [0.29, 0.717) is 17.0 Å². The van der Waals surface area contributed by atoms with E-state index in [1.54, 1.807) is 0 Å². The highest BCUT2D eigenvalue weighted by molar-refractivity contribution is 5.81. The number of rotatable bonds is 2. The fourth-order valence-corrected chi connectivity index (χ4v) is 2.66. The Labute approximate surface area is 115 Å². The van der Waals surface area contributed by atoms with Crippen LogP contribution in [0.2, 0.25) is 0 Å². The summed E-state index contributed by atoms with van der Waals surface area (Å²) in [6.45, 7) is 0. The van der Waals surface area contributed by atoms with Crippen LogP contribution in [0.3, 0.4) is 0 Å². The number of fused-ring (bicyclic) bond motifs is 1. The zero-order chi connectivity index (χ0) is 13.7. The Hall–Kier alpha value is -2.63. The van der Waals surface area contributed by atoms with Crippen LogP contribution in [-0.4, -0.2) is 19.9 Å². The van der Waals surface area contributed by atoms with Crippen LogP contribution in [-0.2, 0) is 5.41 Å². The summed E-state index contributed by atoms with van der Waals surface area (Å²) in [6.07, 6.45) is 3.55. The van der Waals surface area contributed by atoms with Crippen LogP contribution < -0.4 is 11.5 Å². The standard InChI is InChI=1S/C14H14N6/c15-9-3-1-8(2-4-9)14(5-6-14)13-19-10-11(16)17-7-18-12(10)20-13/h1-4,7H,5-6,15H2,(H3,16,17,18,19,20). The lowest BCUT2D eigenvalue weighted by Crippen LogP contribution is -2.10. The summed E-state index contributed by atoms with van der Waals surface area (Å²) in [5.74, 6) is 1.34. The highest BCUT2D eigenvalue weighted by atomic mass is 15.1. The average molecular weight is 266 g/mol. The van der Waals surface area contributed by atoms with E-state index in [2.05, 4.69) is 32.1 Å². The van der Waals surface area contributed by atoms with Crippen LogP contribution in [0.4, 0.5) is 11.5 Å². The predicted octanol–water partition coefficient (Wildman–Crippen LogP) is 1.60. The molecule has 0 bridgehead atoms. The van der Waals surface area contributed by atoms with Crippen molar-refractivity contribution in [3.8, 4) is 0 Å². The summed E-state index contributed by atoms with van der Waals surface area (Å²) < 4.78 is 0.